The van der Waals surface area contributed by atoms with E-state index in [4.69, 9.17) is 9.47 Å². The van der Waals surface area contributed by atoms with E-state index in [1.54, 1.807) is 22.7 Å². The highest BCUT2D eigenvalue weighted by molar-refractivity contribution is 5.48. The summed E-state index contributed by atoms with van der Waals surface area (Å²) in [6.07, 6.45) is 0. The summed E-state index contributed by atoms with van der Waals surface area (Å²) in [5.74, 6) is 1.71. The minimum absolute atomic E-state index is 0.327. The molecule has 0 aliphatic carbocycles. The third kappa shape index (κ3) is 2.82. The molecule has 0 aliphatic rings. The number of ether oxygens (including phenoxy) is 2. The van der Waals surface area contributed by atoms with Crippen molar-refractivity contribution in [1.82, 2.24) is 19.8 Å². The van der Waals surface area contributed by atoms with E-state index in [-0.39, 0.29) is 11.9 Å². The highest BCUT2D eigenvalue weighted by atomic mass is 19.1. The van der Waals surface area contributed by atoms with Gasteiger partial charge >= 0.3 is 0 Å². The van der Waals surface area contributed by atoms with E-state index in [9.17, 15) is 4.39 Å². The van der Waals surface area contributed by atoms with Gasteiger partial charge in [0.2, 0.25) is 0 Å². The first kappa shape index (κ1) is 16.0. The molecule has 8 heteroatoms. The normalized spacial score (nSPS) is 12.2. The Morgan fingerprint density at radius 2 is 1.83 bits per heavy atom. The summed E-state index contributed by atoms with van der Waals surface area (Å²) in [4.78, 5) is 0. The maximum absolute atomic E-state index is 14.4. The van der Waals surface area contributed by atoms with Crippen molar-refractivity contribution in [2.24, 2.45) is 0 Å². The first-order valence-electron chi connectivity index (χ1n) is 7.40. The molecule has 0 bridgehead atoms. The standard InChI is InChI=1S/C16H18FN5O2/c1-9(11-7-13(23-3)14(24-4)8-12(11)17)18-15-5-6-16-20-19-10(2)22(16)21-15/h5-9H,1-4H3,(H,18,21). The van der Waals surface area contributed by atoms with Crippen molar-refractivity contribution in [2.45, 2.75) is 19.9 Å². The molecule has 0 saturated carbocycles. The quantitative estimate of drug-likeness (QED) is 0.775. The van der Waals surface area contributed by atoms with Crippen molar-refractivity contribution in [3.05, 3.63) is 41.5 Å². The smallest absolute Gasteiger partial charge is 0.178 e. The fourth-order valence-electron chi connectivity index (χ4n) is 2.47. The Balaban J connectivity index is 1.90. The van der Waals surface area contributed by atoms with E-state index in [2.05, 4.69) is 20.6 Å². The highest BCUT2D eigenvalue weighted by Crippen LogP contribution is 2.33. The van der Waals surface area contributed by atoms with Crippen LogP contribution in [0.3, 0.4) is 0 Å². The topological polar surface area (TPSA) is 73.6 Å². The molecule has 0 saturated heterocycles. The maximum atomic E-state index is 14.4. The van der Waals surface area contributed by atoms with Crippen LogP contribution in [0.25, 0.3) is 5.65 Å². The Bertz CT molecular complexity index is 880. The van der Waals surface area contributed by atoms with Gasteiger partial charge in [-0.2, -0.15) is 4.52 Å². The van der Waals surface area contributed by atoms with Crippen LogP contribution in [0.5, 0.6) is 11.5 Å². The number of halogens is 1. The number of benzene rings is 1. The SMILES string of the molecule is COc1cc(F)c(C(C)Nc2ccc3nnc(C)n3n2)cc1OC. The number of methoxy groups -OCH3 is 2. The summed E-state index contributed by atoms with van der Waals surface area (Å²) in [5, 5.41) is 15.5. The second kappa shape index (κ2) is 6.31. The highest BCUT2D eigenvalue weighted by Gasteiger charge is 2.17. The number of anilines is 1. The number of nitrogens with zero attached hydrogens (tertiary/aromatic N) is 4. The van der Waals surface area contributed by atoms with Gasteiger partial charge < -0.3 is 14.8 Å². The molecule has 24 heavy (non-hydrogen) atoms. The maximum Gasteiger partial charge on any atom is 0.178 e. The molecule has 0 radical (unpaired) electrons. The number of fused-ring (bicyclic) bond motifs is 1. The zero-order chi connectivity index (χ0) is 17.3. The van der Waals surface area contributed by atoms with Crippen LogP contribution in [0.15, 0.2) is 24.3 Å². The van der Waals surface area contributed by atoms with Crippen molar-refractivity contribution < 1.29 is 13.9 Å². The molecule has 7 nitrogen and oxygen atoms in total. The van der Waals surface area contributed by atoms with Gasteiger partial charge in [-0.1, -0.05) is 0 Å². The first-order chi connectivity index (χ1) is 11.5. The molecule has 3 rings (SSSR count). The Labute approximate surface area is 138 Å². The van der Waals surface area contributed by atoms with Gasteiger partial charge in [-0.3, -0.25) is 0 Å². The van der Waals surface area contributed by atoms with Gasteiger partial charge in [-0.15, -0.1) is 15.3 Å². The molecule has 1 atom stereocenters. The number of aryl methyl sites for hydroxylation is 1. The summed E-state index contributed by atoms with van der Waals surface area (Å²) in [7, 11) is 2.99. The molecule has 1 unspecified atom stereocenters. The number of aromatic nitrogens is 4. The van der Waals surface area contributed by atoms with Crippen molar-refractivity contribution in [2.75, 3.05) is 19.5 Å². The van der Waals surface area contributed by atoms with Crippen LogP contribution in [0.2, 0.25) is 0 Å². The lowest BCUT2D eigenvalue weighted by molar-refractivity contribution is 0.351. The van der Waals surface area contributed by atoms with Crippen molar-refractivity contribution in [3.63, 3.8) is 0 Å². The first-order valence-corrected chi connectivity index (χ1v) is 7.40. The molecule has 2 heterocycles. The lowest BCUT2D eigenvalue weighted by atomic mass is 10.1. The molecule has 0 spiro atoms. The van der Waals surface area contributed by atoms with Crippen LogP contribution < -0.4 is 14.8 Å². The number of hydrogen-bond donors (Lipinski definition) is 1. The molecule has 2 aromatic heterocycles. The predicted molar refractivity (Wildman–Crippen MR) is 87.1 cm³/mol. The molecule has 1 N–H and O–H groups in total. The summed E-state index contributed by atoms with van der Waals surface area (Å²) >= 11 is 0. The van der Waals surface area contributed by atoms with E-state index in [0.29, 0.717) is 34.4 Å². The van der Waals surface area contributed by atoms with Crippen molar-refractivity contribution >= 4 is 11.5 Å². The molecule has 0 amide bonds. The minimum Gasteiger partial charge on any atom is -0.493 e. The van der Waals surface area contributed by atoms with Crippen LogP contribution in [-0.2, 0) is 0 Å². The Hall–Kier alpha value is -2.90. The van der Waals surface area contributed by atoms with E-state index in [0.717, 1.165) is 0 Å². The summed E-state index contributed by atoms with van der Waals surface area (Å²) in [6.45, 7) is 3.66. The number of nitrogens with one attached hydrogen (secondary N) is 1. The van der Waals surface area contributed by atoms with Crippen LogP contribution in [0.1, 0.15) is 24.4 Å². The summed E-state index contributed by atoms with van der Waals surface area (Å²) in [5.41, 5.74) is 1.11. The monoisotopic (exact) mass is 331 g/mol. The Kier molecular flexibility index (Phi) is 4.20. The van der Waals surface area contributed by atoms with Gasteiger partial charge in [-0.25, -0.2) is 4.39 Å². The van der Waals surface area contributed by atoms with Gasteiger partial charge in [0.1, 0.15) is 11.6 Å². The van der Waals surface area contributed by atoms with Gasteiger partial charge in [0.15, 0.2) is 23.0 Å². The van der Waals surface area contributed by atoms with Crippen molar-refractivity contribution in [1.29, 1.82) is 0 Å². The molecule has 126 valence electrons. The van der Waals surface area contributed by atoms with Gasteiger partial charge in [0.05, 0.1) is 20.3 Å². The van der Waals surface area contributed by atoms with E-state index >= 15 is 0 Å². The van der Waals surface area contributed by atoms with E-state index < -0.39 is 0 Å². The number of rotatable bonds is 5. The second-order valence-electron chi connectivity index (χ2n) is 5.33. The molecule has 0 aliphatic heterocycles. The average molecular weight is 331 g/mol. The van der Waals surface area contributed by atoms with Gasteiger partial charge in [-0.05, 0) is 32.0 Å². The molecular weight excluding hydrogens is 313 g/mol. The second-order valence-corrected chi connectivity index (χ2v) is 5.33. The van der Waals surface area contributed by atoms with Crippen LogP contribution in [0, 0.1) is 12.7 Å². The molecule has 3 aromatic rings. The summed E-state index contributed by atoms with van der Waals surface area (Å²) < 4.78 is 26.3. The van der Waals surface area contributed by atoms with Crippen molar-refractivity contribution in [3.8, 4) is 11.5 Å². The Morgan fingerprint density at radius 3 is 2.54 bits per heavy atom. The molecule has 0 fully saturated rings. The van der Waals surface area contributed by atoms with E-state index in [1.165, 1.54) is 20.3 Å². The fraction of sp³-hybridized carbons (Fsp3) is 0.312. The molecular formula is C16H18FN5O2. The largest absolute Gasteiger partial charge is 0.493 e. The molecule has 1 aromatic carbocycles. The average Bonchev–Trinajstić information content (AvgIpc) is 2.95. The lowest BCUT2D eigenvalue weighted by Crippen LogP contribution is -2.11. The van der Waals surface area contributed by atoms with Crippen LogP contribution >= 0.6 is 0 Å². The van der Waals surface area contributed by atoms with Crippen LogP contribution in [0.4, 0.5) is 10.2 Å². The third-order valence-electron chi connectivity index (χ3n) is 3.75. The fourth-order valence-corrected chi connectivity index (χ4v) is 2.47. The van der Waals surface area contributed by atoms with Gasteiger partial charge in [0, 0.05) is 11.6 Å². The minimum atomic E-state index is -0.380. The van der Waals surface area contributed by atoms with E-state index in [1.807, 2.05) is 13.8 Å². The predicted octanol–water partition coefficient (Wildman–Crippen LogP) is 2.76. The van der Waals surface area contributed by atoms with Gasteiger partial charge in [0.25, 0.3) is 0 Å². The Morgan fingerprint density at radius 1 is 1.12 bits per heavy atom. The number of hydrogen-bond acceptors (Lipinski definition) is 6. The zero-order valence-electron chi connectivity index (χ0n) is 13.9. The third-order valence-corrected chi connectivity index (χ3v) is 3.75. The van der Waals surface area contributed by atoms with Crippen LogP contribution in [-0.4, -0.2) is 34.0 Å². The lowest BCUT2D eigenvalue weighted by Gasteiger charge is -2.18. The zero-order valence-corrected chi connectivity index (χ0v) is 13.9. The summed E-state index contributed by atoms with van der Waals surface area (Å²) in [6, 6.07) is 6.18.